The Morgan fingerprint density at radius 3 is 2.19 bits per heavy atom. The fourth-order valence-electron chi connectivity index (χ4n) is 4.18. The minimum atomic E-state index is -0.879. The van der Waals surface area contributed by atoms with E-state index in [1.165, 1.54) is 18.2 Å². The van der Waals surface area contributed by atoms with Gasteiger partial charge < -0.3 is 10.2 Å². The molecule has 32 heavy (non-hydrogen) atoms. The summed E-state index contributed by atoms with van der Waals surface area (Å²) in [6.45, 7) is 4.81. The van der Waals surface area contributed by atoms with Crippen molar-refractivity contribution in [2.24, 2.45) is 0 Å². The van der Waals surface area contributed by atoms with E-state index in [4.69, 9.17) is 0 Å². The van der Waals surface area contributed by atoms with Gasteiger partial charge in [-0.05, 0) is 54.8 Å². The minimum absolute atomic E-state index is 0.135. The molecule has 4 rings (SSSR count). The average Bonchev–Trinajstić information content (AvgIpc) is 3.29. The number of thiophene rings is 1. The maximum absolute atomic E-state index is 14.1. The predicted molar refractivity (Wildman–Crippen MR) is 121 cm³/mol. The molecule has 1 aromatic heterocycles. The fourth-order valence-corrected chi connectivity index (χ4v) is 5.15. The van der Waals surface area contributed by atoms with Gasteiger partial charge in [-0.2, -0.15) is 0 Å². The summed E-state index contributed by atoms with van der Waals surface area (Å²) in [4.78, 5) is 18.2. The molecule has 2 heterocycles. The van der Waals surface area contributed by atoms with Crippen molar-refractivity contribution in [2.75, 3.05) is 31.1 Å². The lowest BCUT2D eigenvalue weighted by atomic mass is 10.0. The number of hydrogen-bond donors (Lipinski definition) is 1. The van der Waals surface area contributed by atoms with Crippen LogP contribution in [-0.2, 0) is 0 Å². The largest absolute Gasteiger partial charge is 0.369 e. The Labute approximate surface area is 189 Å². The molecule has 4 nitrogen and oxygen atoms in total. The van der Waals surface area contributed by atoms with Gasteiger partial charge in [-0.25, -0.2) is 13.2 Å². The molecular formula is C24H24F3N3OS. The van der Waals surface area contributed by atoms with Gasteiger partial charge in [0.1, 0.15) is 23.0 Å². The molecule has 1 N–H and O–H groups in total. The van der Waals surface area contributed by atoms with E-state index in [-0.39, 0.29) is 17.9 Å². The molecule has 2 atom stereocenters. The first-order valence-electron chi connectivity index (χ1n) is 10.5. The molecular weight excluding hydrogens is 435 g/mol. The number of nitrogens with zero attached hydrogens (tertiary/aromatic N) is 2. The number of halogens is 3. The summed E-state index contributed by atoms with van der Waals surface area (Å²) in [5.74, 6) is -2.79. The van der Waals surface area contributed by atoms with Crippen LogP contribution in [0.1, 0.15) is 28.2 Å². The molecule has 1 amide bonds. The quantitative estimate of drug-likeness (QED) is 0.573. The molecule has 0 unspecified atom stereocenters. The molecule has 1 saturated heterocycles. The lowest BCUT2D eigenvalue weighted by Gasteiger charge is -2.42. The Kier molecular flexibility index (Phi) is 6.81. The van der Waals surface area contributed by atoms with Crippen LogP contribution in [0.5, 0.6) is 0 Å². The predicted octanol–water partition coefficient (Wildman–Crippen LogP) is 4.85. The maximum atomic E-state index is 14.1. The highest BCUT2D eigenvalue weighted by Gasteiger charge is 2.32. The van der Waals surface area contributed by atoms with Crippen LogP contribution in [0.15, 0.2) is 60.0 Å². The van der Waals surface area contributed by atoms with Gasteiger partial charge in [0.05, 0.1) is 6.04 Å². The van der Waals surface area contributed by atoms with Crippen LogP contribution in [0.2, 0.25) is 0 Å². The van der Waals surface area contributed by atoms with Gasteiger partial charge in [-0.1, -0.05) is 12.1 Å². The van der Waals surface area contributed by atoms with Crippen molar-refractivity contribution in [1.82, 2.24) is 10.2 Å². The number of benzene rings is 2. The number of carbonyl (C=O) groups is 1. The fraction of sp³-hybridized carbons (Fsp3) is 0.292. The minimum Gasteiger partial charge on any atom is -0.369 e. The normalized spacial score (nSPS) is 16.6. The van der Waals surface area contributed by atoms with Crippen molar-refractivity contribution in [3.63, 3.8) is 0 Å². The Bertz CT molecular complexity index is 1030. The number of amides is 1. The van der Waals surface area contributed by atoms with Gasteiger partial charge >= 0.3 is 0 Å². The number of rotatable bonds is 6. The molecule has 0 radical (unpaired) electrons. The summed E-state index contributed by atoms with van der Waals surface area (Å²) in [5.41, 5.74) is 0.403. The number of nitrogens with one attached hydrogen (secondary N) is 1. The first-order valence-corrected chi connectivity index (χ1v) is 11.3. The van der Waals surface area contributed by atoms with Crippen LogP contribution < -0.4 is 10.2 Å². The van der Waals surface area contributed by atoms with Crippen LogP contribution in [0.4, 0.5) is 18.9 Å². The van der Waals surface area contributed by atoms with Crippen molar-refractivity contribution < 1.29 is 18.0 Å². The van der Waals surface area contributed by atoms with Gasteiger partial charge in [0.2, 0.25) is 0 Å². The molecule has 3 aromatic rings. The van der Waals surface area contributed by atoms with Gasteiger partial charge in [0.25, 0.3) is 5.91 Å². The van der Waals surface area contributed by atoms with E-state index in [1.807, 2.05) is 24.4 Å². The highest BCUT2D eigenvalue weighted by Crippen LogP contribution is 2.30. The number of carbonyl (C=O) groups excluding carboxylic acids is 1. The molecule has 0 spiro atoms. The molecule has 0 aliphatic carbocycles. The molecule has 1 aliphatic rings. The SMILES string of the molecule is C[C@H](NC(=O)c1c(F)cccc1F)[C@@H](c1cccs1)N1CCN(c2ccc(F)cc2)CC1. The zero-order valence-corrected chi connectivity index (χ0v) is 18.4. The number of anilines is 1. The average molecular weight is 460 g/mol. The van der Waals surface area contributed by atoms with E-state index in [9.17, 15) is 18.0 Å². The van der Waals surface area contributed by atoms with E-state index >= 15 is 0 Å². The zero-order valence-electron chi connectivity index (χ0n) is 17.6. The van der Waals surface area contributed by atoms with Crippen LogP contribution in [0, 0.1) is 17.5 Å². The second kappa shape index (κ2) is 9.75. The van der Waals surface area contributed by atoms with Crippen LogP contribution in [0.3, 0.4) is 0 Å². The Morgan fingerprint density at radius 2 is 1.59 bits per heavy atom. The lowest BCUT2D eigenvalue weighted by molar-refractivity contribution is 0.0882. The Balaban J connectivity index is 1.48. The van der Waals surface area contributed by atoms with E-state index in [1.54, 1.807) is 23.5 Å². The van der Waals surface area contributed by atoms with E-state index in [0.717, 1.165) is 48.9 Å². The maximum Gasteiger partial charge on any atom is 0.257 e. The molecule has 1 aliphatic heterocycles. The topological polar surface area (TPSA) is 35.6 Å². The molecule has 8 heteroatoms. The van der Waals surface area contributed by atoms with Crippen molar-refractivity contribution in [3.8, 4) is 0 Å². The monoisotopic (exact) mass is 459 g/mol. The van der Waals surface area contributed by atoms with E-state index in [0.29, 0.717) is 0 Å². The standard InChI is InChI=1S/C24H24F3N3OS/c1-16(28-24(31)22-19(26)4-2-5-20(22)27)23(21-6-3-15-32-21)30-13-11-29(12-14-30)18-9-7-17(25)8-10-18/h2-10,15-16,23H,11-14H2,1H3,(H,28,31)/t16-,23-/m0/s1. The van der Waals surface area contributed by atoms with E-state index in [2.05, 4.69) is 15.1 Å². The summed E-state index contributed by atoms with van der Waals surface area (Å²) >= 11 is 1.58. The Hall–Kier alpha value is -2.84. The molecule has 0 bridgehead atoms. The van der Waals surface area contributed by atoms with Gasteiger partial charge in [0, 0.05) is 42.8 Å². The Morgan fingerprint density at radius 1 is 0.938 bits per heavy atom. The second-order valence-electron chi connectivity index (χ2n) is 7.82. The molecule has 0 saturated carbocycles. The second-order valence-corrected chi connectivity index (χ2v) is 8.80. The summed E-state index contributed by atoms with van der Waals surface area (Å²) in [7, 11) is 0. The first kappa shape index (κ1) is 22.4. The number of hydrogen-bond acceptors (Lipinski definition) is 4. The van der Waals surface area contributed by atoms with Crippen molar-refractivity contribution >= 4 is 22.9 Å². The highest BCUT2D eigenvalue weighted by atomic mass is 32.1. The van der Waals surface area contributed by atoms with Gasteiger partial charge in [-0.15, -0.1) is 11.3 Å². The van der Waals surface area contributed by atoms with Gasteiger partial charge in [0.15, 0.2) is 0 Å². The summed E-state index contributed by atoms with van der Waals surface area (Å²) in [5, 5.41) is 4.78. The lowest BCUT2D eigenvalue weighted by Crippen LogP contribution is -2.52. The highest BCUT2D eigenvalue weighted by molar-refractivity contribution is 7.10. The smallest absolute Gasteiger partial charge is 0.257 e. The third-order valence-corrected chi connectivity index (χ3v) is 6.70. The van der Waals surface area contributed by atoms with Crippen LogP contribution >= 0.6 is 11.3 Å². The summed E-state index contributed by atoms with van der Waals surface area (Å²) < 4.78 is 41.4. The third-order valence-electron chi connectivity index (χ3n) is 5.76. The molecule has 2 aromatic carbocycles. The zero-order chi connectivity index (χ0) is 22.7. The third kappa shape index (κ3) is 4.81. The number of piperazine rings is 1. The molecule has 168 valence electrons. The van der Waals surface area contributed by atoms with Crippen molar-refractivity contribution in [1.29, 1.82) is 0 Å². The van der Waals surface area contributed by atoms with Gasteiger partial charge in [-0.3, -0.25) is 9.69 Å². The van der Waals surface area contributed by atoms with E-state index < -0.39 is 23.1 Å². The summed E-state index contributed by atoms with van der Waals surface area (Å²) in [6, 6.07) is 13.3. The van der Waals surface area contributed by atoms with Crippen LogP contribution in [0.25, 0.3) is 0 Å². The molecule has 1 fully saturated rings. The van der Waals surface area contributed by atoms with Crippen LogP contribution in [-0.4, -0.2) is 43.0 Å². The summed E-state index contributed by atoms with van der Waals surface area (Å²) in [6.07, 6.45) is 0. The first-order chi connectivity index (χ1) is 15.4. The van der Waals surface area contributed by atoms with Crippen molar-refractivity contribution in [2.45, 2.75) is 19.0 Å². The van der Waals surface area contributed by atoms with Crippen molar-refractivity contribution in [3.05, 3.63) is 87.9 Å².